The average Bonchev–Trinajstić information content (AvgIpc) is 2.71. The molecule has 0 spiro atoms. The molecule has 0 saturated carbocycles. The monoisotopic (exact) mass is 446 g/mol. The van der Waals surface area contributed by atoms with Crippen molar-refractivity contribution >= 4 is 29.4 Å². The maximum absolute atomic E-state index is 13.4. The zero-order chi connectivity index (χ0) is 23.2. The van der Waals surface area contributed by atoms with E-state index in [9.17, 15) is 19.6 Å². The molecule has 4 atom stereocenters. The van der Waals surface area contributed by atoms with Crippen LogP contribution in [0.3, 0.4) is 0 Å². The Kier molecular flexibility index (Phi) is 8.89. The fraction of sp³-hybridized carbons (Fsp3) is 0.542. The molecule has 6 nitrogen and oxygen atoms in total. The Morgan fingerprint density at radius 3 is 2.39 bits per heavy atom. The van der Waals surface area contributed by atoms with Crippen molar-refractivity contribution in [3.05, 3.63) is 47.5 Å². The summed E-state index contributed by atoms with van der Waals surface area (Å²) in [6.45, 7) is 8.13. The molecule has 0 saturated heterocycles. The number of ketones is 1. The van der Waals surface area contributed by atoms with Crippen LogP contribution in [-0.2, 0) is 20.8 Å². The molecule has 2 rings (SSSR count). The minimum absolute atomic E-state index is 0.0502. The topological polar surface area (TPSA) is 95.5 Å². The number of hydroxylamine groups is 1. The van der Waals surface area contributed by atoms with Gasteiger partial charge in [0.2, 0.25) is 11.8 Å². The summed E-state index contributed by atoms with van der Waals surface area (Å²) in [6, 6.07) is 9.59. The Bertz CT molecular complexity index is 817. The third kappa shape index (κ3) is 7.21. The highest BCUT2D eigenvalue weighted by molar-refractivity contribution is 8.01. The number of carbonyl (C=O) groups excluding carboxylic acids is 3. The fourth-order valence-electron chi connectivity index (χ4n) is 4.15. The smallest absolute Gasteiger partial charge is 0.248 e. The maximum atomic E-state index is 13.4. The van der Waals surface area contributed by atoms with Crippen molar-refractivity contribution in [3.63, 3.8) is 0 Å². The van der Waals surface area contributed by atoms with Gasteiger partial charge in [-0.05, 0) is 25.3 Å². The molecule has 1 aromatic rings. The van der Waals surface area contributed by atoms with Gasteiger partial charge in [0.15, 0.2) is 0 Å². The van der Waals surface area contributed by atoms with Gasteiger partial charge in [-0.3, -0.25) is 19.6 Å². The van der Waals surface area contributed by atoms with E-state index in [4.69, 9.17) is 0 Å². The second-order valence-electron chi connectivity index (χ2n) is 9.19. The van der Waals surface area contributed by atoms with E-state index < -0.39 is 23.7 Å². The van der Waals surface area contributed by atoms with E-state index >= 15 is 0 Å². The number of hydrogen-bond donors (Lipinski definition) is 3. The molecule has 0 heterocycles. The summed E-state index contributed by atoms with van der Waals surface area (Å²) in [4.78, 5) is 38.6. The van der Waals surface area contributed by atoms with Crippen LogP contribution < -0.4 is 10.8 Å². The predicted octanol–water partition coefficient (Wildman–Crippen LogP) is 3.54. The molecule has 3 N–H and O–H groups in total. The molecule has 0 aliphatic heterocycles. The van der Waals surface area contributed by atoms with E-state index in [1.807, 2.05) is 43.3 Å². The molecular weight excluding hydrogens is 412 g/mol. The Balaban J connectivity index is 2.29. The second kappa shape index (κ2) is 11.0. The fourth-order valence-corrected chi connectivity index (χ4v) is 5.72. The van der Waals surface area contributed by atoms with Crippen molar-refractivity contribution < 1.29 is 19.6 Å². The van der Waals surface area contributed by atoms with Crippen LogP contribution in [0.15, 0.2) is 42.0 Å². The first-order valence-corrected chi connectivity index (χ1v) is 11.5. The summed E-state index contributed by atoms with van der Waals surface area (Å²) >= 11 is 1.61. The Morgan fingerprint density at radius 2 is 1.84 bits per heavy atom. The molecule has 170 valence electrons. The first-order chi connectivity index (χ1) is 14.6. The van der Waals surface area contributed by atoms with Gasteiger partial charge in [-0.1, -0.05) is 62.8 Å². The zero-order valence-electron chi connectivity index (χ0n) is 19.0. The van der Waals surface area contributed by atoms with Crippen molar-refractivity contribution in [2.45, 2.75) is 57.0 Å². The van der Waals surface area contributed by atoms with E-state index in [1.54, 1.807) is 24.3 Å². The van der Waals surface area contributed by atoms with Gasteiger partial charge < -0.3 is 5.32 Å². The van der Waals surface area contributed by atoms with Gasteiger partial charge in [0, 0.05) is 35.3 Å². The largest absolute Gasteiger partial charge is 0.359 e. The Labute approximate surface area is 189 Å². The van der Waals surface area contributed by atoms with Gasteiger partial charge in [-0.25, -0.2) is 5.48 Å². The SMILES string of the molecule is CNC(=O)[C@@H](CC(=O)[C@@H]1CC(C)=C[C@H](SC(C)(C)C)[C@@H]1C(=O)NO)Cc1ccccc1. The van der Waals surface area contributed by atoms with E-state index in [1.165, 1.54) is 0 Å². The highest BCUT2D eigenvalue weighted by Crippen LogP contribution is 2.42. The molecule has 2 amide bonds. The predicted molar refractivity (Wildman–Crippen MR) is 124 cm³/mol. The van der Waals surface area contributed by atoms with Gasteiger partial charge in [0.25, 0.3) is 0 Å². The lowest BCUT2D eigenvalue weighted by atomic mass is 9.74. The van der Waals surface area contributed by atoms with Crippen LogP contribution in [0.2, 0.25) is 0 Å². The number of Topliss-reactive ketones (excluding diaryl/α,β-unsaturated/α-hetero) is 1. The highest BCUT2D eigenvalue weighted by atomic mass is 32.2. The number of benzene rings is 1. The van der Waals surface area contributed by atoms with Crippen LogP contribution in [0.5, 0.6) is 0 Å². The van der Waals surface area contributed by atoms with Crippen LogP contribution in [0.25, 0.3) is 0 Å². The van der Waals surface area contributed by atoms with Crippen LogP contribution in [0.1, 0.15) is 46.1 Å². The van der Waals surface area contributed by atoms with Gasteiger partial charge in [0.1, 0.15) is 5.78 Å². The Morgan fingerprint density at radius 1 is 1.19 bits per heavy atom. The third-order valence-electron chi connectivity index (χ3n) is 5.48. The molecule has 1 aliphatic carbocycles. The average molecular weight is 447 g/mol. The zero-order valence-corrected chi connectivity index (χ0v) is 19.8. The molecule has 0 fully saturated rings. The third-order valence-corrected chi connectivity index (χ3v) is 6.89. The van der Waals surface area contributed by atoms with Crippen molar-refractivity contribution in [2.24, 2.45) is 17.8 Å². The molecule has 0 bridgehead atoms. The summed E-state index contributed by atoms with van der Waals surface area (Å²) in [5, 5.41) is 11.8. The molecular formula is C24H34N2O4S. The first-order valence-electron chi connectivity index (χ1n) is 10.6. The summed E-state index contributed by atoms with van der Waals surface area (Å²) in [7, 11) is 1.57. The summed E-state index contributed by atoms with van der Waals surface area (Å²) in [5.41, 5.74) is 3.79. The van der Waals surface area contributed by atoms with Gasteiger partial charge >= 0.3 is 0 Å². The Hall–Kier alpha value is -2.12. The van der Waals surface area contributed by atoms with Crippen molar-refractivity contribution in [1.82, 2.24) is 10.8 Å². The highest BCUT2D eigenvalue weighted by Gasteiger charge is 2.43. The van der Waals surface area contributed by atoms with Gasteiger partial charge in [-0.15, -0.1) is 11.8 Å². The number of allylic oxidation sites excluding steroid dienone is 1. The van der Waals surface area contributed by atoms with Crippen molar-refractivity contribution in [3.8, 4) is 0 Å². The first kappa shape index (κ1) is 25.1. The standard InChI is InChI=1S/C24H34N2O4S/c1-15-11-18(21(23(29)26-30)20(12-15)31-24(2,3)4)19(27)14-17(22(28)25-5)13-16-9-7-6-8-10-16/h6-10,12,17-18,20-21,30H,11,13-14H2,1-5H3,(H,25,28)(H,26,29)/t17-,18+,20+,21-/m1/s1. The van der Waals surface area contributed by atoms with Crippen molar-refractivity contribution in [2.75, 3.05) is 7.05 Å². The lowest BCUT2D eigenvalue weighted by molar-refractivity contribution is -0.140. The van der Waals surface area contributed by atoms with Crippen molar-refractivity contribution in [1.29, 1.82) is 0 Å². The van der Waals surface area contributed by atoms with E-state index in [2.05, 4.69) is 26.1 Å². The normalized spacial score (nSPS) is 22.3. The molecule has 1 aliphatic rings. The molecule has 0 radical (unpaired) electrons. The van der Waals surface area contributed by atoms with E-state index in [0.717, 1.165) is 11.1 Å². The van der Waals surface area contributed by atoms with Crippen LogP contribution in [0, 0.1) is 17.8 Å². The van der Waals surface area contributed by atoms with Gasteiger partial charge in [0.05, 0.1) is 5.92 Å². The minimum Gasteiger partial charge on any atom is -0.359 e. The molecule has 0 unspecified atom stereocenters. The quantitative estimate of drug-likeness (QED) is 0.323. The number of nitrogens with one attached hydrogen (secondary N) is 2. The van der Waals surface area contributed by atoms with Crippen LogP contribution in [-0.4, -0.2) is 39.8 Å². The number of hydrogen-bond acceptors (Lipinski definition) is 5. The molecule has 31 heavy (non-hydrogen) atoms. The minimum atomic E-state index is -0.688. The van der Waals surface area contributed by atoms with Crippen LogP contribution >= 0.6 is 11.8 Å². The van der Waals surface area contributed by atoms with Crippen LogP contribution in [0.4, 0.5) is 0 Å². The number of rotatable bonds is 8. The number of carbonyl (C=O) groups is 3. The lowest BCUT2D eigenvalue weighted by Gasteiger charge is -2.37. The van der Waals surface area contributed by atoms with Gasteiger partial charge in [-0.2, -0.15) is 0 Å². The second-order valence-corrected chi connectivity index (χ2v) is 11.2. The summed E-state index contributed by atoms with van der Waals surface area (Å²) < 4.78 is -0.127. The summed E-state index contributed by atoms with van der Waals surface area (Å²) in [5.74, 6) is -2.65. The molecule has 7 heteroatoms. The number of thioether (sulfide) groups is 1. The number of amides is 2. The lowest BCUT2D eigenvalue weighted by Crippen LogP contribution is -2.45. The molecule has 1 aromatic carbocycles. The van der Waals surface area contributed by atoms with E-state index in [-0.39, 0.29) is 28.1 Å². The van der Waals surface area contributed by atoms with E-state index in [0.29, 0.717) is 12.8 Å². The summed E-state index contributed by atoms with van der Waals surface area (Å²) in [6.07, 6.45) is 2.98. The maximum Gasteiger partial charge on any atom is 0.248 e. The molecule has 0 aromatic heterocycles.